The van der Waals surface area contributed by atoms with Gasteiger partial charge in [-0.25, -0.2) is 0 Å². The summed E-state index contributed by atoms with van der Waals surface area (Å²) >= 11 is 0. The van der Waals surface area contributed by atoms with Crippen molar-refractivity contribution < 1.29 is 10.2 Å². The normalized spacial score (nSPS) is 15.5. The summed E-state index contributed by atoms with van der Waals surface area (Å²) in [4.78, 5) is 3.78. The van der Waals surface area contributed by atoms with Crippen molar-refractivity contribution in [1.29, 1.82) is 0 Å². The Balaban J connectivity index is 2.83. The molecule has 1 rings (SSSR count). The second-order valence-electron chi connectivity index (χ2n) is 3.74. The van der Waals surface area contributed by atoms with Crippen molar-refractivity contribution in [2.45, 2.75) is 26.0 Å². The zero-order chi connectivity index (χ0) is 10.7. The van der Waals surface area contributed by atoms with Crippen LogP contribution >= 0.6 is 0 Å². The maximum atomic E-state index is 9.81. The van der Waals surface area contributed by atoms with Gasteiger partial charge in [-0.15, -0.1) is 0 Å². The van der Waals surface area contributed by atoms with E-state index < -0.39 is 6.10 Å². The van der Waals surface area contributed by atoms with Crippen LogP contribution in [0.3, 0.4) is 0 Å². The molecule has 1 heterocycles. The van der Waals surface area contributed by atoms with Crippen LogP contribution in [0.15, 0.2) is 18.5 Å². The molecule has 0 bridgehead atoms. The number of aromatic hydroxyl groups is 1. The van der Waals surface area contributed by atoms with E-state index in [0.717, 1.165) is 0 Å². The molecule has 4 N–H and O–H groups in total. The smallest absolute Gasteiger partial charge is 0.134 e. The number of aliphatic hydroxyl groups excluding tert-OH is 1. The summed E-state index contributed by atoms with van der Waals surface area (Å²) < 4.78 is 0. The Bertz CT molecular complexity index is 302. The van der Waals surface area contributed by atoms with Crippen LogP contribution in [0.1, 0.15) is 25.5 Å². The third-order valence-electron chi connectivity index (χ3n) is 2.22. The molecule has 0 spiro atoms. The van der Waals surface area contributed by atoms with E-state index in [9.17, 15) is 5.11 Å². The molecule has 0 aliphatic rings. The highest BCUT2D eigenvalue weighted by Crippen LogP contribution is 2.21. The SMILES string of the molecule is CC(C)C(N)C(O)c1cncc(O)c1. The first-order valence-electron chi connectivity index (χ1n) is 4.60. The van der Waals surface area contributed by atoms with Gasteiger partial charge in [0, 0.05) is 17.8 Å². The molecule has 78 valence electrons. The van der Waals surface area contributed by atoms with Crippen molar-refractivity contribution in [2.75, 3.05) is 0 Å². The van der Waals surface area contributed by atoms with Crippen LogP contribution in [0.5, 0.6) is 5.75 Å². The third-order valence-corrected chi connectivity index (χ3v) is 2.22. The van der Waals surface area contributed by atoms with Gasteiger partial charge in [-0.05, 0) is 12.0 Å². The molecule has 0 aromatic carbocycles. The van der Waals surface area contributed by atoms with E-state index in [1.54, 1.807) is 0 Å². The van der Waals surface area contributed by atoms with Gasteiger partial charge in [0.15, 0.2) is 0 Å². The number of hydrogen-bond donors (Lipinski definition) is 3. The number of aromatic nitrogens is 1. The Labute approximate surface area is 83.4 Å². The highest BCUT2D eigenvalue weighted by molar-refractivity contribution is 5.24. The maximum Gasteiger partial charge on any atom is 0.134 e. The number of nitrogens with zero attached hydrogens (tertiary/aromatic N) is 1. The van der Waals surface area contributed by atoms with Crippen LogP contribution in [0.2, 0.25) is 0 Å². The molecule has 1 aromatic rings. The molecule has 0 aliphatic carbocycles. The number of nitrogens with two attached hydrogens (primary N) is 1. The number of pyridine rings is 1. The van der Waals surface area contributed by atoms with E-state index >= 15 is 0 Å². The molecule has 0 fully saturated rings. The average molecular weight is 196 g/mol. The van der Waals surface area contributed by atoms with Gasteiger partial charge in [0.05, 0.1) is 12.3 Å². The van der Waals surface area contributed by atoms with Crippen molar-refractivity contribution in [3.05, 3.63) is 24.0 Å². The zero-order valence-corrected chi connectivity index (χ0v) is 8.38. The fraction of sp³-hybridized carbons (Fsp3) is 0.500. The summed E-state index contributed by atoms with van der Waals surface area (Å²) in [7, 11) is 0. The topological polar surface area (TPSA) is 79.4 Å². The highest BCUT2D eigenvalue weighted by Gasteiger charge is 2.20. The fourth-order valence-corrected chi connectivity index (χ4v) is 1.19. The van der Waals surface area contributed by atoms with Crippen LogP contribution in [0.4, 0.5) is 0 Å². The van der Waals surface area contributed by atoms with Gasteiger partial charge < -0.3 is 15.9 Å². The summed E-state index contributed by atoms with van der Waals surface area (Å²) in [5.41, 5.74) is 6.33. The first kappa shape index (κ1) is 10.9. The lowest BCUT2D eigenvalue weighted by atomic mass is 9.95. The quantitative estimate of drug-likeness (QED) is 0.668. The molecule has 2 unspecified atom stereocenters. The molecular weight excluding hydrogens is 180 g/mol. The van der Waals surface area contributed by atoms with Gasteiger partial charge in [-0.2, -0.15) is 0 Å². The molecule has 4 nitrogen and oxygen atoms in total. The van der Waals surface area contributed by atoms with Gasteiger partial charge in [-0.1, -0.05) is 13.8 Å². The lowest BCUT2D eigenvalue weighted by Gasteiger charge is -2.22. The van der Waals surface area contributed by atoms with Gasteiger partial charge in [0.2, 0.25) is 0 Å². The first-order valence-corrected chi connectivity index (χ1v) is 4.60. The summed E-state index contributed by atoms with van der Waals surface area (Å²) in [5, 5.41) is 19.0. The second-order valence-corrected chi connectivity index (χ2v) is 3.74. The van der Waals surface area contributed by atoms with E-state index in [4.69, 9.17) is 10.8 Å². The Morgan fingerprint density at radius 1 is 1.36 bits per heavy atom. The zero-order valence-electron chi connectivity index (χ0n) is 8.38. The molecule has 1 aromatic heterocycles. The van der Waals surface area contributed by atoms with E-state index in [2.05, 4.69) is 4.98 Å². The molecule has 4 heteroatoms. The van der Waals surface area contributed by atoms with Gasteiger partial charge >= 0.3 is 0 Å². The van der Waals surface area contributed by atoms with Crippen molar-refractivity contribution >= 4 is 0 Å². The predicted octanol–water partition coefficient (Wildman–Crippen LogP) is 0.804. The molecule has 0 aliphatic heterocycles. The van der Waals surface area contributed by atoms with E-state index in [1.807, 2.05) is 13.8 Å². The van der Waals surface area contributed by atoms with Gasteiger partial charge in [-0.3, -0.25) is 4.98 Å². The van der Waals surface area contributed by atoms with E-state index in [0.29, 0.717) is 5.56 Å². The first-order chi connectivity index (χ1) is 6.52. The van der Waals surface area contributed by atoms with Gasteiger partial charge in [0.25, 0.3) is 0 Å². The maximum absolute atomic E-state index is 9.81. The van der Waals surface area contributed by atoms with Crippen molar-refractivity contribution in [3.63, 3.8) is 0 Å². The highest BCUT2D eigenvalue weighted by atomic mass is 16.3. The number of rotatable bonds is 3. The van der Waals surface area contributed by atoms with Crippen LogP contribution in [0.25, 0.3) is 0 Å². The Morgan fingerprint density at radius 3 is 2.50 bits per heavy atom. The van der Waals surface area contributed by atoms with Crippen LogP contribution in [0, 0.1) is 5.92 Å². The van der Waals surface area contributed by atoms with Crippen LogP contribution in [-0.2, 0) is 0 Å². The summed E-state index contributed by atoms with van der Waals surface area (Å²) in [6.45, 7) is 3.87. The Morgan fingerprint density at radius 2 is 2.00 bits per heavy atom. The fourth-order valence-electron chi connectivity index (χ4n) is 1.19. The molecule has 0 amide bonds. The minimum absolute atomic E-state index is 0.0394. The molecule has 14 heavy (non-hydrogen) atoms. The monoisotopic (exact) mass is 196 g/mol. The summed E-state index contributed by atoms with van der Waals surface area (Å²) in [6, 6.07) is 1.12. The summed E-state index contributed by atoms with van der Waals surface area (Å²) in [5.74, 6) is 0.213. The van der Waals surface area contributed by atoms with Crippen molar-refractivity contribution in [2.24, 2.45) is 11.7 Å². The molecule has 2 atom stereocenters. The summed E-state index contributed by atoms with van der Waals surface area (Å²) in [6.07, 6.45) is 2.04. The standard InChI is InChI=1S/C10H16N2O2/c1-6(2)9(11)10(14)7-3-8(13)5-12-4-7/h3-6,9-10,13-14H,11H2,1-2H3. The lowest BCUT2D eigenvalue weighted by Crippen LogP contribution is -2.33. The predicted molar refractivity (Wildman–Crippen MR) is 53.7 cm³/mol. The molecular formula is C10H16N2O2. The Kier molecular flexibility index (Phi) is 3.43. The molecule has 0 radical (unpaired) electrons. The molecule has 0 saturated heterocycles. The van der Waals surface area contributed by atoms with Crippen molar-refractivity contribution in [1.82, 2.24) is 4.98 Å². The number of hydrogen-bond acceptors (Lipinski definition) is 4. The van der Waals surface area contributed by atoms with Crippen LogP contribution in [-0.4, -0.2) is 21.2 Å². The van der Waals surface area contributed by atoms with E-state index in [1.165, 1.54) is 18.5 Å². The Hall–Kier alpha value is -1.13. The van der Waals surface area contributed by atoms with Gasteiger partial charge in [0.1, 0.15) is 5.75 Å². The minimum Gasteiger partial charge on any atom is -0.506 e. The second kappa shape index (κ2) is 4.39. The van der Waals surface area contributed by atoms with Crippen molar-refractivity contribution in [3.8, 4) is 5.75 Å². The molecule has 0 saturated carbocycles. The lowest BCUT2D eigenvalue weighted by molar-refractivity contribution is 0.125. The van der Waals surface area contributed by atoms with Crippen LogP contribution < -0.4 is 5.73 Å². The third kappa shape index (κ3) is 2.43. The van der Waals surface area contributed by atoms with E-state index in [-0.39, 0.29) is 17.7 Å². The number of aliphatic hydroxyl groups is 1. The average Bonchev–Trinajstić information content (AvgIpc) is 2.15. The minimum atomic E-state index is -0.783. The largest absolute Gasteiger partial charge is 0.506 e.